The Labute approximate surface area is 154 Å². The van der Waals surface area contributed by atoms with Gasteiger partial charge in [-0.25, -0.2) is 0 Å². The van der Waals surface area contributed by atoms with Gasteiger partial charge in [-0.1, -0.05) is 40.0 Å². The molecule has 2 unspecified atom stereocenters. The minimum absolute atomic E-state index is 0.0665. The number of fused-ring (bicyclic) bond motifs is 5. The molecule has 1 N–H and O–H groups in total. The van der Waals surface area contributed by atoms with Crippen molar-refractivity contribution in [2.75, 3.05) is 0 Å². The molecule has 4 saturated carbocycles. The van der Waals surface area contributed by atoms with Gasteiger partial charge in [0.15, 0.2) is 0 Å². The van der Waals surface area contributed by atoms with Crippen LogP contribution in [0.3, 0.4) is 0 Å². The molecule has 25 heavy (non-hydrogen) atoms. The van der Waals surface area contributed by atoms with Crippen molar-refractivity contribution in [3.63, 3.8) is 0 Å². The van der Waals surface area contributed by atoms with E-state index in [1.54, 1.807) is 0 Å². The lowest BCUT2D eigenvalue weighted by Gasteiger charge is -2.61. The maximum Gasteiger partial charge on any atom is 0.307 e. The van der Waals surface area contributed by atoms with E-state index in [0.717, 1.165) is 42.9 Å². The smallest absolute Gasteiger partial charge is 0.307 e. The van der Waals surface area contributed by atoms with Crippen LogP contribution in [0.5, 0.6) is 0 Å². The normalized spacial score (nSPS) is 53.1. The highest BCUT2D eigenvalue weighted by Crippen LogP contribution is 2.65. The van der Waals surface area contributed by atoms with Gasteiger partial charge in [0.2, 0.25) is 0 Å². The number of rotatable bonds is 1. The lowest BCUT2D eigenvalue weighted by molar-refractivity contribution is -0.163. The quantitative estimate of drug-likeness (QED) is 0.618. The molecule has 0 aliphatic heterocycles. The molecular formula is C23H38O2. The number of hydrogen-bond donors (Lipinski definition) is 1. The number of carboxylic acids is 1. The molecule has 4 aliphatic carbocycles. The summed E-state index contributed by atoms with van der Waals surface area (Å²) in [4.78, 5) is 11.9. The molecule has 4 fully saturated rings. The third-order valence-corrected chi connectivity index (χ3v) is 9.67. The zero-order chi connectivity index (χ0) is 17.8. The molecule has 4 aliphatic rings. The minimum atomic E-state index is -0.519. The van der Waals surface area contributed by atoms with Crippen molar-refractivity contribution in [3.8, 4) is 0 Å². The summed E-state index contributed by atoms with van der Waals surface area (Å²) < 4.78 is 0. The summed E-state index contributed by atoms with van der Waals surface area (Å²) in [6.07, 6.45) is 14.3. The van der Waals surface area contributed by atoms with E-state index >= 15 is 0 Å². The fourth-order valence-electron chi connectivity index (χ4n) is 8.09. The summed E-state index contributed by atoms with van der Waals surface area (Å²) in [5.74, 6) is 3.57. The number of carbonyl (C=O) groups is 1. The molecule has 0 aromatic heterocycles. The van der Waals surface area contributed by atoms with Gasteiger partial charge in [0.1, 0.15) is 0 Å². The second kappa shape index (κ2) is 6.27. The lowest BCUT2D eigenvalue weighted by Crippen LogP contribution is -2.54. The van der Waals surface area contributed by atoms with Gasteiger partial charge in [0, 0.05) is 0 Å². The molecule has 0 spiro atoms. The monoisotopic (exact) mass is 346 g/mol. The topological polar surface area (TPSA) is 37.3 Å². The van der Waals surface area contributed by atoms with Crippen LogP contribution in [0.2, 0.25) is 0 Å². The van der Waals surface area contributed by atoms with E-state index in [-0.39, 0.29) is 11.3 Å². The van der Waals surface area contributed by atoms with Crippen LogP contribution in [0.4, 0.5) is 0 Å². The van der Waals surface area contributed by atoms with Gasteiger partial charge in [-0.3, -0.25) is 4.79 Å². The molecule has 0 amide bonds. The summed E-state index contributed by atoms with van der Waals surface area (Å²) in [6.45, 7) is 7.39. The summed E-state index contributed by atoms with van der Waals surface area (Å²) >= 11 is 0. The van der Waals surface area contributed by atoms with Gasteiger partial charge < -0.3 is 5.11 Å². The molecule has 142 valence electrons. The van der Waals surface area contributed by atoms with Crippen molar-refractivity contribution in [1.29, 1.82) is 0 Å². The molecule has 0 radical (unpaired) electrons. The Morgan fingerprint density at radius 1 is 0.840 bits per heavy atom. The van der Waals surface area contributed by atoms with Crippen LogP contribution in [-0.4, -0.2) is 11.1 Å². The Kier molecular flexibility index (Phi) is 4.48. The van der Waals surface area contributed by atoms with E-state index in [1.807, 2.05) is 0 Å². The zero-order valence-electron chi connectivity index (χ0n) is 16.6. The fraction of sp³-hybridized carbons (Fsp3) is 0.957. The molecule has 0 aromatic carbocycles. The van der Waals surface area contributed by atoms with Crippen LogP contribution < -0.4 is 0 Å². The first-order valence-electron chi connectivity index (χ1n) is 11.1. The van der Waals surface area contributed by atoms with Crippen molar-refractivity contribution in [1.82, 2.24) is 0 Å². The van der Waals surface area contributed by atoms with Crippen molar-refractivity contribution in [2.45, 2.75) is 91.4 Å². The van der Waals surface area contributed by atoms with Crippen LogP contribution in [0.15, 0.2) is 0 Å². The number of hydrogen-bond acceptors (Lipinski definition) is 1. The Balaban J connectivity index is 1.61. The highest BCUT2D eigenvalue weighted by atomic mass is 16.4. The number of carboxylic acid groups (broad SMARTS) is 1. The van der Waals surface area contributed by atoms with Crippen LogP contribution in [0.25, 0.3) is 0 Å². The average Bonchev–Trinajstić information content (AvgIpc) is 2.72. The second-order valence-corrected chi connectivity index (χ2v) is 10.8. The molecule has 8 atom stereocenters. The Morgan fingerprint density at radius 2 is 1.52 bits per heavy atom. The van der Waals surface area contributed by atoms with Crippen LogP contribution in [-0.2, 0) is 4.79 Å². The molecule has 2 heteroatoms. The second-order valence-electron chi connectivity index (χ2n) is 10.8. The van der Waals surface area contributed by atoms with Crippen molar-refractivity contribution < 1.29 is 9.90 Å². The highest BCUT2D eigenvalue weighted by Gasteiger charge is 2.58. The van der Waals surface area contributed by atoms with Gasteiger partial charge in [-0.15, -0.1) is 0 Å². The first-order chi connectivity index (χ1) is 11.8. The van der Waals surface area contributed by atoms with Crippen LogP contribution in [0, 0.1) is 46.3 Å². The van der Waals surface area contributed by atoms with Gasteiger partial charge in [0.05, 0.1) is 5.92 Å². The highest BCUT2D eigenvalue weighted by molar-refractivity contribution is 5.71. The van der Waals surface area contributed by atoms with E-state index in [2.05, 4.69) is 20.8 Å². The molecule has 0 bridgehead atoms. The molecular weight excluding hydrogens is 308 g/mol. The van der Waals surface area contributed by atoms with Crippen LogP contribution in [0.1, 0.15) is 91.4 Å². The predicted octanol–water partition coefficient (Wildman–Crippen LogP) is 6.15. The van der Waals surface area contributed by atoms with E-state index in [0.29, 0.717) is 11.3 Å². The molecule has 2 nitrogen and oxygen atoms in total. The Bertz CT molecular complexity index is 528. The minimum Gasteiger partial charge on any atom is -0.481 e. The SMILES string of the molecule is C[C@H]1CC[C@@H]2C3CC[C@@]4(C)C(CCC[C@@H]4C(=O)O)[C@@H]3CC[C@]2(C)CC1. The van der Waals surface area contributed by atoms with E-state index in [1.165, 1.54) is 51.4 Å². The van der Waals surface area contributed by atoms with Gasteiger partial charge in [-0.05, 0) is 91.8 Å². The first-order valence-corrected chi connectivity index (χ1v) is 11.1. The first kappa shape index (κ1) is 17.9. The Morgan fingerprint density at radius 3 is 2.28 bits per heavy atom. The summed E-state index contributed by atoms with van der Waals surface area (Å²) in [6, 6.07) is 0. The molecule has 0 heterocycles. The van der Waals surface area contributed by atoms with E-state index in [4.69, 9.17) is 0 Å². The predicted molar refractivity (Wildman–Crippen MR) is 101 cm³/mol. The maximum atomic E-state index is 11.9. The fourth-order valence-corrected chi connectivity index (χ4v) is 8.09. The molecule has 0 aromatic rings. The summed E-state index contributed by atoms with van der Waals surface area (Å²) in [7, 11) is 0. The Hall–Kier alpha value is -0.530. The lowest BCUT2D eigenvalue weighted by atomic mass is 9.44. The van der Waals surface area contributed by atoms with E-state index < -0.39 is 5.97 Å². The van der Waals surface area contributed by atoms with Crippen molar-refractivity contribution >= 4 is 5.97 Å². The average molecular weight is 347 g/mol. The third kappa shape index (κ3) is 2.77. The summed E-state index contributed by atoms with van der Waals surface area (Å²) in [5, 5.41) is 9.83. The van der Waals surface area contributed by atoms with Crippen molar-refractivity contribution in [2.24, 2.45) is 46.3 Å². The van der Waals surface area contributed by atoms with Gasteiger partial charge in [0.25, 0.3) is 0 Å². The van der Waals surface area contributed by atoms with Crippen molar-refractivity contribution in [3.05, 3.63) is 0 Å². The largest absolute Gasteiger partial charge is 0.481 e. The maximum absolute atomic E-state index is 11.9. The molecule has 0 saturated heterocycles. The summed E-state index contributed by atoms with van der Waals surface area (Å²) in [5.41, 5.74) is 0.636. The van der Waals surface area contributed by atoms with Gasteiger partial charge in [-0.2, -0.15) is 0 Å². The molecule has 4 rings (SSSR count). The zero-order valence-corrected chi connectivity index (χ0v) is 16.6. The third-order valence-electron chi connectivity index (χ3n) is 9.67. The number of aliphatic carboxylic acids is 1. The van der Waals surface area contributed by atoms with E-state index in [9.17, 15) is 9.90 Å². The van der Waals surface area contributed by atoms with Gasteiger partial charge >= 0.3 is 5.97 Å². The van der Waals surface area contributed by atoms with Crippen LogP contribution >= 0.6 is 0 Å². The standard InChI is InChI=1S/C23H38O2/c1-15-7-8-18-16-11-14-23(3)19(5-4-6-20(23)21(24)25)17(16)10-13-22(18,2)12-9-15/h15-20H,4-14H2,1-3H3,(H,24,25)/t15-,16?,17+,18+,19?,20+,22-,23-/m0/s1.